The molecule has 0 unspecified atom stereocenters. The summed E-state index contributed by atoms with van der Waals surface area (Å²) in [6, 6.07) is 0. The lowest BCUT2D eigenvalue weighted by Crippen LogP contribution is -2.31. The average Bonchev–Trinajstić information content (AvgIpc) is 3.39. The molecule has 5 atom stereocenters. The molecule has 3 aliphatic heterocycles. The van der Waals surface area contributed by atoms with Gasteiger partial charge in [-0.15, -0.1) is 0 Å². The summed E-state index contributed by atoms with van der Waals surface area (Å²) in [5, 5.41) is 0. The fourth-order valence-electron chi connectivity index (χ4n) is 4.40. The molecule has 4 nitrogen and oxygen atoms in total. The van der Waals surface area contributed by atoms with Gasteiger partial charge in [0.1, 0.15) is 6.10 Å². The van der Waals surface area contributed by atoms with E-state index in [4.69, 9.17) is 14.2 Å². The zero-order valence-electron chi connectivity index (χ0n) is 15.0. The second-order valence-electron chi connectivity index (χ2n) is 8.27. The van der Waals surface area contributed by atoms with Crippen LogP contribution in [0.15, 0.2) is 23.3 Å². The van der Waals surface area contributed by atoms with Gasteiger partial charge in [0.25, 0.3) is 0 Å². The number of rotatable bonds is 0. The lowest BCUT2D eigenvalue weighted by Gasteiger charge is -2.19. The van der Waals surface area contributed by atoms with E-state index < -0.39 is 5.60 Å². The number of carbonyl (C=O) groups is 1. The number of allylic oxidation sites excluding steroid dienone is 3. The van der Waals surface area contributed by atoms with Gasteiger partial charge >= 0.3 is 5.97 Å². The molecular formula is C20H28O4. The zero-order chi connectivity index (χ0) is 16.9. The minimum atomic E-state index is -0.661. The molecule has 24 heavy (non-hydrogen) atoms. The molecule has 0 aromatic heterocycles. The molecule has 4 rings (SSSR count). The van der Waals surface area contributed by atoms with Gasteiger partial charge in [0.15, 0.2) is 5.60 Å². The smallest absolute Gasteiger partial charge is 0.341 e. The van der Waals surface area contributed by atoms with Crippen molar-refractivity contribution in [3.8, 4) is 0 Å². The van der Waals surface area contributed by atoms with Crippen LogP contribution in [0, 0.1) is 5.92 Å². The maximum absolute atomic E-state index is 12.3. The van der Waals surface area contributed by atoms with Crippen molar-refractivity contribution < 1.29 is 19.0 Å². The highest BCUT2D eigenvalue weighted by molar-refractivity contribution is 5.85. The monoisotopic (exact) mass is 332 g/mol. The number of esters is 1. The van der Waals surface area contributed by atoms with Crippen molar-refractivity contribution in [1.29, 1.82) is 0 Å². The van der Waals surface area contributed by atoms with Gasteiger partial charge in [0.2, 0.25) is 0 Å². The maximum atomic E-state index is 12.3. The van der Waals surface area contributed by atoms with Crippen LogP contribution in [0.3, 0.4) is 0 Å². The van der Waals surface area contributed by atoms with Gasteiger partial charge in [-0.3, -0.25) is 0 Å². The fraction of sp³-hybridized carbons (Fsp3) is 0.750. The molecule has 1 spiro atoms. The van der Waals surface area contributed by atoms with E-state index in [1.165, 1.54) is 11.1 Å². The quantitative estimate of drug-likeness (QED) is 0.385. The molecule has 4 aliphatic rings. The summed E-state index contributed by atoms with van der Waals surface area (Å²) in [5.41, 5.74) is 2.05. The van der Waals surface area contributed by atoms with Crippen LogP contribution in [0.4, 0.5) is 0 Å². The van der Waals surface area contributed by atoms with Crippen LogP contribution in [-0.2, 0) is 19.0 Å². The third-order valence-electron chi connectivity index (χ3n) is 6.30. The Hall–Kier alpha value is -1.13. The van der Waals surface area contributed by atoms with E-state index in [9.17, 15) is 4.79 Å². The highest BCUT2D eigenvalue weighted by atomic mass is 16.7. The highest BCUT2D eigenvalue weighted by Crippen LogP contribution is 2.53. The molecule has 0 aromatic rings. The molecule has 0 bridgehead atoms. The summed E-state index contributed by atoms with van der Waals surface area (Å²) in [7, 11) is 0. The standard InChI is InChI=1S/C20H28O4/c1-13-6-4-7-14(2)10-16-15(20(12-22-20)18(21)23-16)11-17-19(3,24-17)9-5-8-13/h7-8,15-17H,4-6,9-12H2,1-3H3/b13-8+,14-7+/t15-,16+,17-,19-,20+/m1/s1. The molecule has 3 saturated heterocycles. The second-order valence-corrected chi connectivity index (χ2v) is 8.27. The van der Waals surface area contributed by atoms with E-state index in [1.807, 2.05) is 0 Å². The Bertz CT molecular complexity index is 601. The van der Waals surface area contributed by atoms with Crippen LogP contribution >= 0.6 is 0 Å². The first-order valence-corrected chi connectivity index (χ1v) is 9.27. The van der Waals surface area contributed by atoms with E-state index in [-0.39, 0.29) is 29.7 Å². The molecule has 132 valence electrons. The highest BCUT2D eigenvalue weighted by Gasteiger charge is 2.69. The van der Waals surface area contributed by atoms with Gasteiger partial charge in [0, 0.05) is 12.3 Å². The summed E-state index contributed by atoms with van der Waals surface area (Å²) in [6.07, 6.45) is 10.7. The van der Waals surface area contributed by atoms with Gasteiger partial charge in [-0.05, 0) is 52.9 Å². The maximum Gasteiger partial charge on any atom is 0.341 e. The van der Waals surface area contributed by atoms with Crippen LogP contribution in [0.25, 0.3) is 0 Å². The van der Waals surface area contributed by atoms with Crippen molar-refractivity contribution in [2.24, 2.45) is 5.92 Å². The molecule has 0 saturated carbocycles. The van der Waals surface area contributed by atoms with Crippen molar-refractivity contribution in [2.75, 3.05) is 6.61 Å². The zero-order valence-corrected chi connectivity index (χ0v) is 15.0. The van der Waals surface area contributed by atoms with E-state index in [0.717, 1.165) is 38.5 Å². The van der Waals surface area contributed by atoms with Gasteiger partial charge < -0.3 is 14.2 Å². The van der Waals surface area contributed by atoms with E-state index in [1.54, 1.807) is 0 Å². The molecule has 1 aliphatic carbocycles. The summed E-state index contributed by atoms with van der Waals surface area (Å²) in [4.78, 5) is 12.3. The van der Waals surface area contributed by atoms with Crippen LogP contribution in [0.2, 0.25) is 0 Å². The number of hydrogen-bond donors (Lipinski definition) is 0. The summed E-state index contributed by atoms with van der Waals surface area (Å²) < 4.78 is 17.4. The normalized spacial score (nSPS) is 49.8. The van der Waals surface area contributed by atoms with Crippen LogP contribution < -0.4 is 0 Å². The number of carbonyl (C=O) groups excluding carboxylic acids is 1. The SMILES string of the molecule is C/C1=C\CC[C@@]2(C)O[C@@H]2C[C@@H]2[C@H](C/C(C)=C/CC1)OC(=O)[C@]21CO1. The molecule has 0 N–H and O–H groups in total. The Kier molecular flexibility index (Phi) is 3.88. The van der Waals surface area contributed by atoms with Crippen LogP contribution in [-0.4, -0.2) is 36.0 Å². The molecule has 0 radical (unpaired) electrons. The molecule has 3 heterocycles. The van der Waals surface area contributed by atoms with E-state index in [0.29, 0.717) is 6.61 Å². The number of epoxide rings is 2. The molecule has 0 amide bonds. The first-order chi connectivity index (χ1) is 11.4. The number of ether oxygens (including phenoxy) is 3. The lowest BCUT2D eigenvalue weighted by atomic mass is 9.81. The van der Waals surface area contributed by atoms with Gasteiger partial charge in [0.05, 0.1) is 18.3 Å². The number of fused-ring (bicyclic) bond motifs is 3. The Morgan fingerprint density at radius 2 is 1.92 bits per heavy atom. The number of hydrogen-bond acceptors (Lipinski definition) is 4. The Morgan fingerprint density at radius 3 is 2.67 bits per heavy atom. The van der Waals surface area contributed by atoms with Crippen molar-refractivity contribution >= 4 is 5.97 Å². The van der Waals surface area contributed by atoms with E-state index in [2.05, 4.69) is 32.9 Å². The summed E-state index contributed by atoms with van der Waals surface area (Å²) >= 11 is 0. The minimum absolute atomic E-state index is 0.0436. The average molecular weight is 332 g/mol. The molecule has 3 fully saturated rings. The van der Waals surface area contributed by atoms with Crippen molar-refractivity contribution in [1.82, 2.24) is 0 Å². The molecular weight excluding hydrogens is 304 g/mol. The van der Waals surface area contributed by atoms with E-state index >= 15 is 0 Å². The first kappa shape index (κ1) is 16.3. The summed E-state index contributed by atoms with van der Waals surface area (Å²) in [5.74, 6) is -0.0325. The largest absolute Gasteiger partial charge is 0.459 e. The molecule has 4 heteroatoms. The van der Waals surface area contributed by atoms with Crippen molar-refractivity contribution in [2.45, 2.75) is 82.7 Å². The van der Waals surface area contributed by atoms with Crippen molar-refractivity contribution in [3.05, 3.63) is 23.3 Å². The van der Waals surface area contributed by atoms with Gasteiger partial charge in [-0.25, -0.2) is 4.79 Å². The predicted molar refractivity (Wildman–Crippen MR) is 90.5 cm³/mol. The lowest BCUT2D eigenvalue weighted by molar-refractivity contribution is -0.145. The molecule has 0 aromatic carbocycles. The van der Waals surface area contributed by atoms with Crippen molar-refractivity contribution in [3.63, 3.8) is 0 Å². The van der Waals surface area contributed by atoms with Crippen LogP contribution in [0.5, 0.6) is 0 Å². The van der Waals surface area contributed by atoms with Gasteiger partial charge in [-0.2, -0.15) is 0 Å². The Morgan fingerprint density at radius 1 is 1.17 bits per heavy atom. The predicted octanol–water partition coefficient (Wildman–Crippen LogP) is 3.70. The second kappa shape index (κ2) is 5.70. The Balaban J connectivity index is 1.56. The Labute approximate surface area is 144 Å². The minimum Gasteiger partial charge on any atom is -0.459 e. The van der Waals surface area contributed by atoms with Crippen LogP contribution in [0.1, 0.15) is 59.3 Å². The summed E-state index contributed by atoms with van der Waals surface area (Å²) in [6.45, 7) is 7.07. The fourth-order valence-corrected chi connectivity index (χ4v) is 4.40. The topological polar surface area (TPSA) is 51.4 Å². The third-order valence-corrected chi connectivity index (χ3v) is 6.30. The third kappa shape index (κ3) is 2.84. The first-order valence-electron chi connectivity index (χ1n) is 9.27. The van der Waals surface area contributed by atoms with Gasteiger partial charge in [-0.1, -0.05) is 23.3 Å².